The first-order valence-corrected chi connectivity index (χ1v) is 11.4. The number of Topliss-reactive ketones (excluding diaryl/α,β-unsaturated/α-hetero) is 1. The number of halogens is 1. The van der Waals surface area contributed by atoms with Gasteiger partial charge >= 0.3 is 0 Å². The molecule has 33 heavy (non-hydrogen) atoms. The fourth-order valence-electron chi connectivity index (χ4n) is 4.52. The first-order chi connectivity index (χ1) is 15.9. The Morgan fingerprint density at radius 1 is 1.24 bits per heavy atom. The van der Waals surface area contributed by atoms with Crippen LogP contribution in [0.2, 0.25) is 0 Å². The van der Waals surface area contributed by atoms with Gasteiger partial charge in [-0.15, -0.1) is 0 Å². The zero-order valence-corrected chi connectivity index (χ0v) is 18.7. The third kappa shape index (κ3) is 4.15. The van der Waals surface area contributed by atoms with Gasteiger partial charge in [0.25, 0.3) is 0 Å². The molecule has 0 saturated heterocycles. The number of anilines is 3. The van der Waals surface area contributed by atoms with E-state index in [-0.39, 0.29) is 23.5 Å². The number of carbonyl (C=O) groups excluding carboxylic acids is 2. The SMILES string of the molecule is CC[C@]1(C)CC(=O)c2c([nH]c(-c3ccnc(NC(=O)[C@@H]4C[C@@H]4F)c3)c2Nc2ccccc2)C1. The largest absolute Gasteiger partial charge is 0.356 e. The standard InChI is InChI=1S/C26H27FN4O2/c1-3-26(2)13-19-22(20(32)14-26)24(29-16-7-5-4-6-8-16)23(30-19)15-9-10-28-21(11-15)31-25(33)17-12-18(17)27/h4-11,17-18,29-30H,3,12-14H2,1-2H3,(H,28,31,33)/t17-,18+,26+/m1/s1. The van der Waals surface area contributed by atoms with Crippen molar-refractivity contribution in [3.8, 4) is 11.3 Å². The number of H-pyrrole nitrogens is 1. The summed E-state index contributed by atoms with van der Waals surface area (Å²) in [6.45, 7) is 4.26. The zero-order chi connectivity index (χ0) is 23.2. The third-order valence-corrected chi connectivity index (χ3v) is 6.79. The van der Waals surface area contributed by atoms with Crippen molar-refractivity contribution in [1.29, 1.82) is 0 Å². The highest BCUT2D eigenvalue weighted by Crippen LogP contribution is 2.45. The molecule has 0 radical (unpaired) electrons. The number of ketones is 1. The second-order valence-corrected chi connectivity index (χ2v) is 9.44. The molecule has 0 unspecified atom stereocenters. The summed E-state index contributed by atoms with van der Waals surface area (Å²) in [5, 5.41) is 6.15. The summed E-state index contributed by atoms with van der Waals surface area (Å²) in [7, 11) is 0. The van der Waals surface area contributed by atoms with Crippen LogP contribution in [0.4, 0.5) is 21.6 Å². The average molecular weight is 447 g/mol. The molecule has 2 heterocycles. The molecule has 2 aliphatic rings. The Morgan fingerprint density at radius 3 is 2.70 bits per heavy atom. The molecule has 6 nitrogen and oxygen atoms in total. The lowest BCUT2D eigenvalue weighted by Crippen LogP contribution is -2.29. The predicted molar refractivity (Wildman–Crippen MR) is 126 cm³/mol. The number of amides is 1. The van der Waals surface area contributed by atoms with Crippen molar-refractivity contribution in [2.24, 2.45) is 11.3 Å². The van der Waals surface area contributed by atoms with Crippen molar-refractivity contribution in [2.75, 3.05) is 10.6 Å². The van der Waals surface area contributed by atoms with E-state index in [9.17, 15) is 14.0 Å². The van der Waals surface area contributed by atoms with Gasteiger partial charge in [-0.3, -0.25) is 9.59 Å². The smallest absolute Gasteiger partial charge is 0.231 e. The molecule has 3 aromatic rings. The molecule has 1 fully saturated rings. The van der Waals surface area contributed by atoms with E-state index in [0.29, 0.717) is 17.8 Å². The molecule has 3 atom stereocenters. The van der Waals surface area contributed by atoms with Crippen LogP contribution in [0.1, 0.15) is 49.2 Å². The number of benzene rings is 1. The Bertz CT molecular complexity index is 1220. The summed E-state index contributed by atoms with van der Waals surface area (Å²) in [5.74, 6) is -0.464. The van der Waals surface area contributed by atoms with Gasteiger partial charge in [0, 0.05) is 29.6 Å². The molecule has 1 amide bonds. The third-order valence-electron chi connectivity index (χ3n) is 6.79. The molecule has 7 heteroatoms. The maximum absolute atomic E-state index is 13.3. The van der Waals surface area contributed by atoms with Crippen LogP contribution in [-0.4, -0.2) is 27.8 Å². The number of carbonyl (C=O) groups is 2. The van der Waals surface area contributed by atoms with Gasteiger partial charge in [-0.25, -0.2) is 9.37 Å². The maximum atomic E-state index is 13.3. The molecule has 1 aromatic carbocycles. The van der Waals surface area contributed by atoms with Crippen LogP contribution in [0, 0.1) is 11.3 Å². The molecule has 5 rings (SSSR count). The lowest BCUT2D eigenvalue weighted by atomic mass is 9.72. The lowest BCUT2D eigenvalue weighted by molar-refractivity contribution is -0.117. The van der Waals surface area contributed by atoms with Gasteiger partial charge in [-0.05, 0) is 48.9 Å². The lowest BCUT2D eigenvalue weighted by Gasteiger charge is -2.31. The average Bonchev–Trinajstić information content (AvgIpc) is 3.43. The molecule has 3 N–H and O–H groups in total. The molecule has 0 spiro atoms. The number of aromatic amines is 1. The summed E-state index contributed by atoms with van der Waals surface area (Å²) in [6.07, 6.45) is 3.00. The van der Waals surface area contributed by atoms with Crippen molar-refractivity contribution in [1.82, 2.24) is 9.97 Å². The van der Waals surface area contributed by atoms with Crippen molar-refractivity contribution in [3.63, 3.8) is 0 Å². The summed E-state index contributed by atoms with van der Waals surface area (Å²) >= 11 is 0. The normalized spacial score (nSPS) is 23.7. The highest BCUT2D eigenvalue weighted by molar-refractivity contribution is 6.08. The van der Waals surface area contributed by atoms with E-state index in [1.165, 1.54) is 0 Å². The highest BCUT2D eigenvalue weighted by Gasteiger charge is 2.44. The molecular formula is C26H27FN4O2. The van der Waals surface area contributed by atoms with Crippen LogP contribution in [-0.2, 0) is 11.2 Å². The molecule has 2 aromatic heterocycles. The summed E-state index contributed by atoms with van der Waals surface area (Å²) < 4.78 is 13.3. The van der Waals surface area contributed by atoms with E-state index < -0.39 is 12.1 Å². The fraction of sp³-hybridized carbons (Fsp3) is 0.346. The summed E-state index contributed by atoms with van der Waals surface area (Å²) in [4.78, 5) is 33.2. The minimum absolute atomic E-state index is 0.0826. The van der Waals surface area contributed by atoms with Gasteiger partial charge in [-0.2, -0.15) is 0 Å². The first kappa shape index (κ1) is 21.4. The number of aromatic nitrogens is 2. The minimum Gasteiger partial charge on any atom is -0.356 e. The Balaban J connectivity index is 1.56. The van der Waals surface area contributed by atoms with Crippen LogP contribution < -0.4 is 10.6 Å². The second-order valence-electron chi connectivity index (χ2n) is 9.44. The number of fused-ring (bicyclic) bond motifs is 1. The van der Waals surface area contributed by atoms with Crippen LogP contribution in [0.25, 0.3) is 11.3 Å². The van der Waals surface area contributed by atoms with Crippen LogP contribution in [0.3, 0.4) is 0 Å². The van der Waals surface area contributed by atoms with E-state index >= 15 is 0 Å². The number of alkyl halides is 1. The van der Waals surface area contributed by atoms with Crippen molar-refractivity contribution in [3.05, 3.63) is 59.9 Å². The van der Waals surface area contributed by atoms with Gasteiger partial charge in [0.2, 0.25) is 5.91 Å². The summed E-state index contributed by atoms with van der Waals surface area (Å²) in [6, 6.07) is 13.3. The van der Waals surface area contributed by atoms with Crippen molar-refractivity contribution < 1.29 is 14.0 Å². The van der Waals surface area contributed by atoms with Gasteiger partial charge in [0.05, 0.1) is 22.9 Å². The van der Waals surface area contributed by atoms with Gasteiger partial charge < -0.3 is 15.6 Å². The molecule has 170 valence electrons. The quantitative estimate of drug-likeness (QED) is 0.456. The Hall–Kier alpha value is -3.48. The van der Waals surface area contributed by atoms with Gasteiger partial charge in [-0.1, -0.05) is 32.0 Å². The fourth-order valence-corrected chi connectivity index (χ4v) is 4.52. The van der Waals surface area contributed by atoms with Crippen LogP contribution >= 0.6 is 0 Å². The van der Waals surface area contributed by atoms with Gasteiger partial charge in [0.1, 0.15) is 12.0 Å². The number of hydrogen-bond acceptors (Lipinski definition) is 4. The Morgan fingerprint density at radius 2 is 2.00 bits per heavy atom. The van der Waals surface area contributed by atoms with Crippen LogP contribution in [0.5, 0.6) is 0 Å². The van der Waals surface area contributed by atoms with Crippen molar-refractivity contribution >= 4 is 28.9 Å². The molecule has 0 bridgehead atoms. The van der Waals surface area contributed by atoms with E-state index in [4.69, 9.17) is 0 Å². The molecule has 1 saturated carbocycles. The van der Waals surface area contributed by atoms with Crippen LogP contribution in [0.15, 0.2) is 48.7 Å². The monoisotopic (exact) mass is 446 g/mol. The number of nitrogens with one attached hydrogen (secondary N) is 3. The Kier molecular flexibility index (Phi) is 5.27. The number of hydrogen-bond donors (Lipinski definition) is 3. The second kappa shape index (κ2) is 8.14. The topological polar surface area (TPSA) is 86.9 Å². The maximum Gasteiger partial charge on any atom is 0.231 e. The minimum atomic E-state index is -1.07. The van der Waals surface area contributed by atoms with Crippen molar-refractivity contribution in [2.45, 2.75) is 45.7 Å². The van der Waals surface area contributed by atoms with E-state index in [1.54, 1.807) is 12.3 Å². The van der Waals surface area contributed by atoms with E-state index in [2.05, 4.69) is 34.4 Å². The zero-order valence-electron chi connectivity index (χ0n) is 18.7. The van der Waals surface area contributed by atoms with Gasteiger partial charge in [0.15, 0.2) is 5.78 Å². The predicted octanol–water partition coefficient (Wildman–Crippen LogP) is 5.66. The first-order valence-electron chi connectivity index (χ1n) is 11.4. The number of rotatable bonds is 6. The number of para-hydroxylation sites is 1. The number of nitrogens with zero attached hydrogens (tertiary/aromatic N) is 1. The Labute approximate surface area is 192 Å². The molecule has 0 aliphatic heterocycles. The number of pyridine rings is 1. The highest BCUT2D eigenvalue weighted by atomic mass is 19.1. The molecule has 2 aliphatic carbocycles. The summed E-state index contributed by atoms with van der Waals surface area (Å²) in [5.41, 5.74) is 4.69. The molecular weight excluding hydrogens is 419 g/mol. The van der Waals surface area contributed by atoms with E-state index in [1.807, 2.05) is 36.4 Å². The van der Waals surface area contributed by atoms with E-state index in [0.717, 1.165) is 41.2 Å².